The summed E-state index contributed by atoms with van der Waals surface area (Å²) in [5, 5.41) is 0. The molecular weight excluding hydrogens is 121 g/mol. The van der Waals surface area contributed by atoms with Crippen molar-refractivity contribution in [3.05, 3.63) is 0 Å². The van der Waals surface area contributed by atoms with E-state index in [1.165, 1.54) is 0 Å². The van der Waals surface area contributed by atoms with Crippen molar-refractivity contribution in [1.29, 1.82) is 4.78 Å². The average Bonchev–Trinajstić information content (AvgIpc) is 1.21. The maximum atomic E-state index is 6.82. The fourth-order valence-corrected chi connectivity index (χ4v) is 0.808. The first-order valence-corrected chi connectivity index (χ1v) is 3.52. The molecule has 46 valence electrons. The van der Waals surface area contributed by atoms with Crippen molar-refractivity contribution >= 4 is 16.7 Å². The van der Waals surface area contributed by atoms with E-state index in [0.717, 1.165) is 0 Å². The molecule has 0 saturated carbocycles. The fourth-order valence-electron chi connectivity index (χ4n) is 0.269. The van der Waals surface area contributed by atoms with E-state index in [9.17, 15) is 0 Å². The Morgan fingerprint density at radius 3 is 1.88 bits per heavy atom. The molecule has 0 atom stereocenters. The predicted molar refractivity (Wildman–Crippen MR) is 36.7 cm³/mol. The molecule has 4 heteroatoms. The van der Waals surface area contributed by atoms with Gasteiger partial charge in [0.05, 0.1) is 0 Å². The molecule has 0 aliphatic carbocycles. The second-order valence-electron chi connectivity index (χ2n) is 2.49. The molecule has 0 bridgehead atoms. The number of hydrogen-bond donors (Lipinski definition) is 1. The topological polar surface area (TPSA) is 33.1 Å². The van der Waals surface area contributed by atoms with Crippen LogP contribution in [-0.2, 0) is 14.4 Å². The summed E-state index contributed by atoms with van der Waals surface area (Å²) in [5.41, 5.74) is -0.278. The maximum absolute atomic E-state index is 6.82. The van der Waals surface area contributed by atoms with Gasteiger partial charge in [0.2, 0.25) is 0 Å². The third-order valence-corrected chi connectivity index (χ3v) is 1.02. The first-order chi connectivity index (χ1) is 3.42. The Kier molecular flexibility index (Phi) is 2.57. The van der Waals surface area contributed by atoms with Crippen LogP contribution in [-0.4, -0.2) is 12.1 Å². The molecule has 0 radical (unpaired) electrons. The van der Waals surface area contributed by atoms with Crippen LogP contribution in [0.3, 0.4) is 0 Å². The van der Waals surface area contributed by atoms with E-state index >= 15 is 0 Å². The molecule has 0 amide bonds. The molecule has 0 aromatic heterocycles. The van der Waals surface area contributed by atoms with Gasteiger partial charge in [0.1, 0.15) is 0 Å². The summed E-state index contributed by atoms with van der Waals surface area (Å²) in [6, 6.07) is 0. The van der Waals surface area contributed by atoms with Crippen LogP contribution in [0.2, 0.25) is 0 Å². The van der Waals surface area contributed by atoms with Gasteiger partial charge in [-0.2, -0.15) is 0 Å². The van der Waals surface area contributed by atoms with E-state index in [2.05, 4.69) is 0 Å². The minimum absolute atomic E-state index is 0.278. The van der Waals surface area contributed by atoms with Crippen LogP contribution in [0.25, 0.3) is 0 Å². The molecule has 0 aliphatic rings. The fraction of sp³-hybridized carbons (Fsp3) is 1.00. The summed E-state index contributed by atoms with van der Waals surface area (Å²) < 4.78 is 11.7. The Hall–Kier alpha value is 0.0449. The van der Waals surface area contributed by atoms with Crippen LogP contribution in [0.4, 0.5) is 0 Å². The van der Waals surface area contributed by atoms with Gasteiger partial charge in [-0.1, -0.05) is 0 Å². The predicted octanol–water partition coefficient (Wildman–Crippen LogP) is 1.18. The van der Waals surface area contributed by atoms with E-state index in [0.29, 0.717) is 0 Å². The third-order valence-electron chi connectivity index (χ3n) is 0.340. The monoisotopic (exact) mass is 131 g/mol. The Labute approximate surface area is 52.8 Å². The van der Waals surface area contributed by atoms with Gasteiger partial charge in [0.15, 0.2) is 0 Å². The standard InChI is InChI=1S/C4H10BNOS/c1-4(2,3)7-8(5)6/h6H,1-3H3. The molecule has 0 aliphatic heterocycles. The zero-order valence-electron chi connectivity index (χ0n) is 5.39. The Bertz CT molecular complexity index is 176. The van der Waals surface area contributed by atoms with Crippen molar-refractivity contribution in [2.24, 2.45) is 0 Å². The van der Waals surface area contributed by atoms with Gasteiger partial charge in [-0.15, -0.1) is 0 Å². The summed E-state index contributed by atoms with van der Waals surface area (Å²) >= 11 is 0. The van der Waals surface area contributed by atoms with Crippen molar-refractivity contribution < 1.29 is 4.18 Å². The second kappa shape index (κ2) is 2.55. The van der Waals surface area contributed by atoms with E-state index in [1.54, 1.807) is 0 Å². The van der Waals surface area contributed by atoms with Crippen LogP contribution in [0, 0.1) is 4.78 Å². The summed E-state index contributed by atoms with van der Waals surface area (Å²) in [4.78, 5) is 0. The zero-order valence-corrected chi connectivity index (χ0v) is 6.21. The van der Waals surface area contributed by atoms with E-state index < -0.39 is 10.2 Å². The Morgan fingerprint density at radius 2 is 1.88 bits per heavy atom. The molecule has 0 fully saturated rings. The van der Waals surface area contributed by atoms with Crippen molar-refractivity contribution in [1.82, 2.24) is 0 Å². The van der Waals surface area contributed by atoms with Gasteiger partial charge in [0, 0.05) is 0 Å². The normalized spacial score (nSPS) is 11.6. The molecule has 0 aromatic rings. The van der Waals surface area contributed by atoms with Gasteiger partial charge in [0.25, 0.3) is 0 Å². The van der Waals surface area contributed by atoms with Gasteiger partial charge < -0.3 is 0 Å². The zero-order chi connectivity index (χ0) is 6.78. The molecule has 0 unspecified atom stereocenters. The minimum atomic E-state index is -1.14. The van der Waals surface area contributed by atoms with Gasteiger partial charge in [-0.25, -0.2) is 0 Å². The number of hydrogen-bond acceptors (Lipinski definition) is 2. The molecule has 0 aromatic carbocycles. The Morgan fingerprint density at radius 1 is 1.50 bits per heavy atom. The first kappa shape index (κ1) is 8.04. The molecule has 0 spiro atoms. The summed E-state index contributed by atoms with van der Waals surface area (Å²) in [6.45, 7) is 10.7. The molecule has 8 heavy (non-hydrogen) atoms. The van der Waals surface area contributed by atoms with E-state index in [1.807, 2.05) is 20.8 Å². The molecule has 1 N–H and O–H groups in total. The molecule has 0 heterocycles. The SMILES string of the molecule is B#S(=N)OC(C)(C)C. The van der Waals surface area contributed by atoms with Crippen molar-refractivity contribution in [3.63, 3.8) is 0 Å². The summed E-state index contributed by atoms with van der Waals surface area (Å²) in [6.07, 6.45) is 0. The second-order valence-corrected chi connectivity index (χ2v) is 3.25. The first-order valence-electron chi connectivity index (χ1n) is 2.31. The van der Waals surface area contributed by atoms with Gasteiger partial charge in [-0.05, 0) is 0 Å². The van der Waals surface area contributed by atoms with Crippen LogP contribution in [0.5, 0.6) is 0 Å². The van der Waals surface area contributed by atoms with Crippen molar-refractivity contribution in [3.8, 4) is 0 Å². The van der Waals surface area contributed by atoms with Crippen LogP contribution in [0.1, 0.15) is 20.8 Å². The van der Waals surface area contributed by atoms with E-state index in [4.69, 9.17) is 15.5 Å². The van der Waals surface area contributed by atoms with Crippen molar-refractivity contribution in [2.75, 3.05) is 0 Å². The average molecular weight is 131 g/mol. The van der Waals surface area contributed by atoms with Crippen LogP contribution < -0.4 is 0 Å². The van der Waals surface area contributed by atoms with E-state index in [-0.39, 0.29) is 5.60 Å². The molecule has 0 saturated heterocycles. The van der Waals surface area contributed by atoms with Crippen molar-refractivity contribution in [2.45, 2.75) is 26.4 Å². The molecule has 2 nitrogen and oxygen atoms in total. The summed E-state index contributed by atoms with van der Waals surface area (Å²) in [7, 11) is -1.14. The van der Waals surface area contributed by atoms with Gasteiger partial charge >= 0.3 is 52.1 Å². The quantitative estimate of drug-likeness (QED) is 0.492. The number of nitrogens with one attached hydrogen (secondary N) is 1. The third kappa shape index (κ3) is 6.04. The Balaban J connectivity index is 3.79. The van der Waals surface area contributed by atoms with Gasteiger partial charge in [-0.3, -0.25) is 0 Å². The molecule has 0 rings (SSSR count). The summed E-state index contributed by atoms with van der Waals surface area (Å²) in [5.74, 6) is 0. The van der Waals surface area contributed by atoms with Crippen LogP contribution >= 0.6 is 0 Å². The number of rotatable bonds is 0. The van der Waals surface area contributed by atoms with Crippen LogP contribution in [0.15, 0.2) is 0 Å². The molecular formula is C4H10BNOS.